The third-order valence-electron chi connectivity index (χ3n) is 4.94. The molecule has 2 aromatic carbocycles. The van der Waals surface area contributed by atoms with E-state index in [1.165, 1.54) is 17.5 Å². The van der Waals surface area contributed by atoms with Crippen molar-refractivity contribution in [1.29, 1.82) is 0 Å². The fourth-order valence-electron chi connectivity index (χ4n) is 3.18. The van der Waals surface area contributed by atoms with Crippen molar-refractivity contribution in [3.8, 4) is 0 Å². The van der Waals surface area contributed by atoms with Crippen molar-refractivity contribution >= 4 is 33.3 Å². The van der Waals surface area contributed by atoms with Crippen LogP contribution in [0.15, 0.2) is 83.6 Å². The average molecular weight is 485 g/mol. The molecular weight excluding hydrogens is 456 g/mol. The fourth-order valence-corrected chi connectivity index (χ4v) is 5.02. The maximum Gasteiger partial charge on any atom is 0.238 e. The maximum atomic E-state index is 13.3. The minimum atomic E-state index is -3.83. The van der Waals surface area contributed by atoms with Crippen molar-refractivity contribution in [2.24, 2.45) is 0 Å². The van der Waals surface area contributed by atoms with Gasteiger partial charge >= 0.3 is 0 Å². The quantitative estimate of drug-likeness (QED) is 0.386. The smallest absolute Gasteiger partial charge is 0.238 e. The van der Waals surface area contributed by atoms with Crippen LogP contribution in [-0.4, -0.2) is 50.3 Å². The van der Waals surface area contributed by atoms with E-state index in [2.05, 4.69) is 0 Å². The van der Waals surface area contributed by atoms with Gasteiger partial charge in [-0.05, 0) is 28.6 Å². The lowest BCUT2D eigenvalue weighted by Crippen LogP contribution is -2.43. The van der Waals surface area contributed by atoms with E-state index in [1.807, 2.05) is 78.2 Å². The van der Waals surface area contributed by atoms with Crippen molar-refractivity contribution in [3.05, 3.63) is 99.6 Å². The van der Waals surface area contributed by atoms with Crippen LogP contribution in [0.25, 0.3) is 6.08 Å². The van der Waals surface area contributed by atoms with Gasteiger partial charge in [0, 0.05) is 30.5 Å². The third kappa shape index (κ3) is 7.94. The molecule has 33 heavy (non-hydrogen) atoms. The van der Waals surface area contributed by atoms with Crippen LogP contribution in [-0.2, 0) is 32.6 Å². The molecule has 0 aliphatic rings. The van der Waals surface area contributed by atoms with Crippen molar-refractivity contribution < 1.29 is 17.9 Å². The highest BCUT2D eigenvalue weighted by molar-refractivity contribution is 7.92. The molecule has 1 aromatic heterocycles. The van der Waals surface area contributed by atoms with E-state index < -0.39 is 10.0 Å². The zero-order valence-corrected chi connectivity index (χ0v) is 20.2. The van der Waals surface area contributed by atoms with Gasteiger partial charge in [-0.1, -0.05) is 66.7 Å². The van der Waals surface area contributed by atoms with Gasteiger partial charge < -0.3 is 9.64 Å². The number of benzene rings is 2. The first-order valence-electron chi connectivity index (χ1n) is 10.5. The van der Waals surface area contributed by atoms with Crippen molar-refractivity contribution in [1.82, 2.24) is 9.21 Å². The Bertz CT molecular complexity index is 1120. The Balaban J connectivity index is 1.79. The topological polar surface area (TPSA) is 66.9 Å². The maximum absolute atomic E-state index is 13.3. The number of ether oxygens (including phenoxy) is 1. The molecular formula is C25H28N2O4S2. The monoisotopic (exact) mass is 484 g/mol. The summed E-state index contributed by atoms with van der Waals surface area (Å²) in [6, 6.07) is 22.8. The van der Waals surface area contributed by atoms with Gasteiger partial charge in [-0.15, -0.1) is 11.3 Å². The molecule has 0 N–H and O–H groups in total. The highest BCUT2D eigenvalue weighted by atomic mass is 32.2. The molecule has 0 atom stereocenters. The normalized spacial score (nSPS) is 11.8. The lowest BCUT2D eigenvalue weighted by Gasteiger charge is -2.26. The van der Waals surface area contributed by atoms with Crippen LogP contribution in [0.4, 0.5) is 0 Å². The molecule has 0 saturated heterocycles. The molecule has 174 valence electrons. The van der Waals surface area contributed by atoms with Gasteiger partial charge in [-0.2, -0.15) is 4.31 Å². The summed E-state index contributed by atoms with van der Waals surface area (Å²) in [5.74, 6) is -0.264. The molecule has 0 bridgehead atoms. The van der Waals surface area contributed by atoms with Gasteiger partial charge in [0.25, 0.3) is 0 Å². The lowest BCUT2D eigenvalue weighted by atomic mass is 10.2. The second kappa shape index (κ2) is 12.5. The minimum Gasteiger partial charge on any atom is -0.383 e. The highest BCUT2D eigenvalue weighted by Crippen LogP contribution is 2.16. The first-order valence-corrected chi connectivity index (χ1v) is 12.9. The van der Waals surface area contributed by atoms with E-state index in [9.17, 15) is 13.2 Å². The van der Waals surface area contributed by atoms with Crippen LogP contribution in [0.3, 0.4) is 0 Å². The van der Waals surface area contributed by atoms with Crippen LogP contribution in [0.5, 0.6) is 0 Å². The predicted molar refractivity (Wildman–Crippen MR) is 133 cm³/mol. The number of hydrogen-bond donors (Lipinski definition) is 0. The van der Waals surface area contributed by atoms with Crippen LogP contribution >= 0.6 is 11.3 Å². The summed E-state index contributed by atoms with van der Waals surface area (Å²) < 4.78 is 32.4. The zero-order chi connectivity index (χ0) is 23.5. The van der Waals surface area contributed by atoms with Gasteiger partial charge in [-0.25, -0.2) is 8.42 Å². The molecule has 1 heterocycles. The largest absolute Gasteiger partial charge is 0.383 e. The van der Waals surface area contributed by atoms with E-state index in [0.29, 0.717) is 13.1 Å². The summed E-state index contributed by atoms with van der Waals surface area (Å²) in [6.45, 7) is 0.833. The summed E-state index contributed by atoms with van der Waals surface area (Å²) in [7, 11) is -2.32. The summed E-state index contributed by atoms with van der Waals surface area (Å²) in [5.41, 5.74) is 1.75. The summed E-state index contributed by atoms with van der Waals surface area (Å²) in [4.78, 5) is 16.1. The van der Waals surface area contributed by atoms with Crippen molar-refractivity contribution in [2.75, 3.05) is 26.8 Å². The van der Waals surface area contributed by atoms with Crippen LogP contribution in [0.1, 0.15) is 16.0 Å². The summed E-state index contributed by atoms with van der Waals surface area (Å²) >= 11 is 1.57. The Morgan fingerprint density at radius 3 is 2.30 bits per heavy atom. The van der Waals surface area contributed by atoms with Gasteiger partial charge in [-0.3, -0.25) is 4.79 Å². The molecule has 3 aromatic rings. The number of hydrogen-bond acceptors (Lipinski definition) is 5. The number of nitrogens with zero attached hydrogens (tertiary/aromatic N) is 2. The molecule has 1 amide bonds. The number of carbonyl (C=O) groups is 1. The van der Waals surface area contributed by atoms with Crippen LogP contribution < -0.4 is 0 Å². The predicted octanol–water partition coefficient (Wildman–Crippen LogP) is 4.23. The molecule has 6 nitrogen and oxygen atoms in total. The number of carbonyl (C=O) groups excluding carboxylic acids is 1. The van der Waals surface area contributed by atoms with E-state index in [0.717, 1.165) is 21.4 Å². The first-order chi connectivity index (χ1) is 16.0. The second-order valence-electron chi connectivity index (χ2n) is 7.40. The van der Waals surface area contributed by atoms with Gasteiger partial charge in [0.2, 0.25) is 15.9 Å². The van der Waals surface area contributed by atoms with E-state index >= 15 is 0 Å². The average Bonchev–Trinajstić information content (AvgIpc) is 3.34. The van der Waals surface area contributed by atoms with Crippen molar-refractivity contribution in [3.63, 3.8) is 0 Å². The van der Waals surface area contributed by atoms with Gasteiger partial charge in [0.1, 0.15) is 0 Å². The number of sulfonamides is 1. The van der Waals surface area contributed by atoms with Gasteiger partial charge in [0.05, 0.1) is 19.7 Å². The molecule has 0 spiro atoms. The second-order valence-corrected chi connectivity index (χ2v) is 10.3. The number of methoxy groups -OCH3 is 1. The standard InChI is InChI=1S/C25H28N2O4S2/c1-31-16-15-27(33(29,30)18-14-22-9-4-2-5-10-22)21-25(28)26(20-24-13-8-17-32-24)19-23-11-6-3-7-12-23/h2-14,17-18H,15-16,19-21H2,1H3/b18-14+. The van der Waals surface area contributed by atoms with E-state index in [4.69, 9.17) is 4.74 Å². The number of amides is 1. The Labute approximate surface area is 199 Å². The molecule has 0 radical (unpaired) electrons. The molecule has 0 unspecified atom stereocenters. The fraction of sp³-hybridized carbons (Fsp3) is 0.240. The summed E-state index contributed by atoms with van der Waals surface area (Å²) in [5, 5.41) is 3.11. The Kier molecular flexibility index (Phi) is 9.38. The molecule has 8 heteroatoms. The van der Waals surface area contributed by atoms with Gasteiger partial charge in [0.15, 0.2) is 0 Å². The SMILES string of the molecule is COCCN(CC(=O)N(Cc1ccccc1)Cc1cccs1)S(=O)(=O)/C=C/c1ccccc1. The van der Waals surface area contributed by atoms with E-state index in [1.54, 1.807) is 16.2 Å². The number of rotatable bonds is 12. The molecule has 0 aliphatic carbocycles. The summed E-state index contributed by atoms with van der Waals surface area (Å²) in [6.07, 6.45) is 1.53. The highest BCUT2D eigenvalue weighted by Gasteiger charge is 2.25. The third-order valence-corrected chi connectivity index (χ3v) is 7.32. The van der Waals surface area contributed by atoms with Crippen LogP contribution in [0, 0.1) is 0 Å². The lowest BCUT2D eigenvalue weighted by molar-refractivity contribution is -0.132. The minimum absolute atomic E-state index is 0.0852. The Morgan fingerprint density at radius 1 is 0.970 bits per heavy atom. The Morgan fingerprint density at radius 2 is 1.67 bits per heavy atom. The Hall–Kier alpha value is -2.78. The molecule has 0 aliphatic heterocycles. The van der Waals surface area contributed by atoms with E-state index in [-0.39, 0.29) is 25.6 Å². The molecule has 3 rings (SSSR count). The van der Waals surface area contributed by atoms with Crippen LogP contribution in [0.2, 0.25) is 0 Å². The van der Waals surface area contributed by atoms with Crippen molar-refractivity contribution in [2.45, 2.75) is 13.1 Å². The molecule has 0 fully saturated rings. The molecule has 0 saturated carbocycles. The number of thiophene rings is 1. The zero-order valence-electron chi connectivity index (χ0n) is 18.5. The first kappa shape index (κ1) is 24.9.